The van der Waals surface area contributed by atoms with Crippen LogP contribution in [0.2, 0.25) is 0 Å². The summed E-state index contributed by atoms with van der Waals surface area (Å²) in [5, 5.41) is 17.5. The molecule has 0 rings (SSSR count). The molecule has 0 heterocycles. The van der Waals surface area contributed by atoms with Crippen LogP contribution in [0.3, 0.4) is 0 Å². The van der Waals surface area contributed by atoms with Crippen molar-refractivity contribution < 1.29 is 15.0 Å². The van der Waals surface area contributed by atoms with Gasteiger partial charge in [0.05, 0.1) is 6.08 Å². The van der Waals surface area contributed by atoms with Crippen LogP contribution >= 0.6 is 0 Å². The van der Waals surface area contributed by atoms with Crippen molar-refractivity contribution in [2.75, 3.05) is 0 Å². The number of aliphatic hydroxyl groups is 1. The molecule has 0 aromatic rings. The van der Waals surface area contributed by atoms with Crippen LogP contribution in [0.1, 0.15) is 58.3 Å². The van der Waals surface area contributed by atoms with Gasteiger partial charge in [0.2, 0.25) is 0 Å². The second-order valence-electron chi connectivity index (χ2n) is 4.60. The first-order valence-electron chi connectivity index (χ1n) is 7.13. The van der Waals surface area contributed by atoms with Gasteiger partial charge in [0.25, 0.3) is 0 Å². The Bertz CT molecular complexity index is 314. The Labute approximate surface area is 116 Å². The van der Waals surface area contributed by atoms with Gasteiger partial charge in [0, 0.05) is 0 Å². The van der Waals surface area contributed by atoms with Crippen molar-refractivity contribution in [2.24, 2.45) is 0 Å². The lowest BCUT2D eigenvalue weighted by molar-refractivity contribution is -0.131. The third-order valence-corrected chi connectivity index (χ3v) is 2.76. The summed E-state index contributed by atoms with van der Waals surface area (Å²) in [6, 6.07) is 0. The molecular formula is C16H26O3. The lowest BCUT2D eigenvalue weighted by Gasteiger charge is -1.98. The molecule has 0 atom stereocenters. The maximum absolute atomic E-state index is 10.2. The van der Waals surface area contributed by atoms with Crippen LogP contribution in [0.5, 0.6) is 0 Å². The number of aliphatic hydroxyl groups excluding tert-OH is 1. The van der Waals surface area contributed by atoms with Gasteiger partial charge in [-0.3, -0.25) is 0 Å². The Morgan fingerprint density at radius 3 is 2.21 bits per heavy atom. The van der Waals surface area contributed by atoms with Gasteiger partial charge in [-0.25, -0.2) is 4.79 Å². The average molecular weight is 266 g/mol. The summed E-state index contributed by atoms with van der Waals surface area (Å²) in [4.78, 5) is 10.2. The van der Waals surface area contributed by atoms with E-state index in [2.05, 4.69) is 6.92 Å². The van der Waals surface area contributed by atoms with Crippen molar-refractivity contribution in [3.05, 3.63) is 36.1 Å². The minimum atomic E-state index is -1.14. The second kappa shape index (κ2) is 12.9. The van der Waals surface area contributed by atoms with Crippen molar-refractivity contribution in [1.29, 1.82) is 0 Å². The van der Waals surface area contributed by atoms with Crippen LogP contribution in [-0.4, -0.2) is 16.2 Å². The van der Waals surface area contributed by atoms with Gasteiger partial charge in [0.1, 0.15) is 5.76 Å². The number of hydrogen-bond acceptors (Lipinski definition) is 2. The highest BCUT2D eigenvalue weighted by Gasteiger charge is 1.91. The first-order valence-corrected chi connectivity index (χ1v) is 7.13. The molecule has 0 amide bonds. The van der Waals surface area contributed by atoms with E-state index in [0.29, 0.717) is 0 Å². The number of carbonyl (C=O) groups is 1. The predicted octanol–water partition coefficient (Wildman–Crippen LogP) is 4.77. The third-order valence-electron chi connectivity index (χ3n) is 2.76. The molecule has 0 aliphatic rings. The zero-order valence-corrected chi connectivity index (χ0v) is 11.8. The molecule has 0 aliphatic carbocycles. The Morgan fingerprint density at radius 1 is 0.947 bits per heavy atom. The van der Waals surface area contributed by atoms with Crippen molar-refractivity contribution in [3.8, 4) is 0 Å². The molecule has 0 aromatic carbocycles. The van der Waals surface area contributed by atoms with Crippen LogP contribution in [0.4, 0.5) is 0 Å². The van der Waals surface area contributed by atoms with Crippen LogP contribution in [0.15, 0.2) is 36.1 Å². The molecule has 3 heteroatoms. The molecule has 3 nitrogen and oxygen atoms in total. The summed E-state index contributed by atoms with van der Waals surface area (Å²) in [5.41, 5.74) is 0. The Balaban J connectivity index is 3.49. The number of hydrogen-bond donors (Lipinski definition) is 2. The summed E-state index contributed by atoms with van der Waals surface area (Å²) in [7, 11) is 0. The van der Waals surface area contributed by atoms with Gasteiger partial charge >= 0.3 is 5.97 Å². The molecule has 19 heavy (non-hydrogen) atoms. The van der Waals surface area contributed by atoms with E-state index < -0.39 is 5.97 Å². The van der Waals surface area contributed by atoms with Gasteiger partial charge in [0.15, 0.2) is 0 Å². The van der Waals surface area contributed by atoms with E-state index >= 15 is 0 Å². The highest BCUT2D eigenvalue weighted by atomic mass is 16.4. The zero-order valence-electron chi connectivity index (χ0n) is 11.8. The first-order chi connectivity index (χ1) is 9.16. The Hall–Kier alpha value is -1.51. The highest BCUT2D eigenvalue weighted by Crippen LogP contribution is 2.08. The van der Waals surface area contributed by atoms with Crippen LogP contribution < -0.4 is 0 Å². The molecule has 108 valence electrons. The first kappa shape index (κ1) is 17.5. The average Bonchev–Trinajstić information content (AvgIpc) is 2.35. The molecule has 0 aliphatic heterocycles. The van der Waals surface area contributed by atoms with Gasteiger partial charge in [-0.05, 0) is 18.9 Å². The van der Waals surface area contributed by atoms with E-state index in [4.69, 9.17) is 10.2 Å². The van der Waals surface area contributed by atoms with Crippen LogP contribution in [0.25, 0.3) is 0 Å². The van der Waals surface area contributed by atoms with Crippen LogP contribution in [-0.2, 0) is 4.79 Å². The van der Waals surface area contributed by atoms with E-state index in [1.54, 1.807) is 6.08 Å². The topological polar surface area (TPSA) is 57.5 Å². The molecular weight excluding hydrogens is 240 g/mol. The quantitative estimate of drug-likeness (QED) is 0.245. The molecule has 0 aromatic heterocycles. The van der Waals surface area contributed by atoms with Gasteiger partial charge in [-0.15, -0.1) is 0 Å². The number of carboxylic acid groups (broad SMARTS) is 1. The SMILES string of the molecule is CCCCCCCCC/C=C/C=C/C(O)=C/C(=O)O. The van der Waals surface area contributed by atoms with Gasteiger partial charge < -0.3 is 10.2 Å². The molecule has 0 unspecified atom stereocenters. The van der Waals surface area contributed by atoms with E-state index in [1.165, 1.54) is 51.0 Å². The zero-order chi connectivity index (χ0) is 14.3. The largest absolute Gasteiger partial charge is 0.508 e. The van der Waals surface area contributed by atoms with Crippen molar-refractivity contribution in [3.63, 3.8) is 0 Å². The van der Waals surface area contributed by atoms with Gasteiger partial charge in [-0.2, -0.15) is 0 Å². The van der Waals surface area contributed by atoms with Crippen molar-refractivity contribution >= 4 is 5.97 Å². The third kappa shape index (κ3) is 14.4. The van der Waals surface area contributed by atoms with Gasteiger partial charge in [-0.1, -0.05) is 63.7 Å². The standard InChI is InChI=1S/C16H26O3/c1-2-3-4-5-6-7-8-9-10-11-12-13-15(17)14-16(18)19/h10-14,17H,2-9H2,1H3,(H,18,19)/b11-10+,13-12+,15-14-. The summed E-state index contributed by atoms with van der Waals surface area (Å²) < 4.78 is 0. The predicted molar refractivity (Wildman–Crippen MR) is 79.2 cm³/mol. The summed E-state index contributed by atoms with van der Waals surface area (Å²) >= 11 is 0. The second-order valence-corrected chi connectivity index (χ2v) is 4.60. The molecule has 0 bridgehead atoms. The fourth-order valence-corrected chi connectivity index (χ4v) is 1.72. The lowest BCUT2D eigenvalue weighted by Crippen LogP contribution is -1.89. The van der Waals surface area contributed by atoms with Crippen molar-refractivity contribution in [2.45, 2.75) is 58.3 Å². The monoisotopic (exact) mass is 266 g/mol. The summed E-state index contributed by atoms with van der Waals surface area (Å²) in [5.74, 6) is -1.39. The maximum Gasteiger partial charge on any atom is 0.332 e. The Kier molecular flexibility index (Phi) is 11.9. The van der Waals surface area contributed by atoms with E-state index in [-0.39, 0.29) is 5.76 Å². The normalized spacial score (nSPS) is 12.6. The Morgan fingerprint density at radius 2 is 1.58 bits per heavy atom. The lowest BCUT2D eigenvalue weighted by atomic mass is 10.1. The highest BCUT2D eigenvalue weighted by molar-refractivity contribution is 5.80. The molecule has 2 N–H and O–H groups in total. The fourth-order valence-electron chi connectivity index (χ4n) is 1.72. The summed E-state index contributed by atoms with van der Waals surface area (Å²) in [6.07, 6.45) is 17.8. The number of rotatable bonds is 11. The van der Waals surface area contributed by atoms with Crippen molar-refractivity contribution in [1.82, 2.24) is 0 Å². The molecule has 0 saturated heterocycles. The number of aliphatic carboxylic acids is 1. The minimum absolute atomic E-state index is 0.243. The molecule has 0 saturated carbocycles. The number of unbranched alkanes of at least 4 members (excludes halogenated alkanes) is 7. The molecule has 0 radical (unpaired) electrons. The summed E-state index contributed by atoms with van der Waals surface area (Å²) in [6.45, 7) is 2.22. The smallest absolute Gasteiger partial charge is 0.332 e. The maximum atomic E-state index is 10.2. The number of allylic oxidation sites excluding steroid dienone is 4. The minimum Gasteiger partial charge on any atom is -0.508 e. The molecule has 0 fully saturated rings. The van der Waals surface area contributed by atoms with E-state index in [9.17, 15) is 4.79 Å². The van der Waals surface area contributed by atoms with E-state index in [1.807, 2.05) is 12.2 Å². The fraction of sp³-hybridized carbons (Fsp3) is 0.562. The van der Waals surface area contributed by atoms with Crippen LogP contribution in [0, 0.1) is 0 Å². The number of carboxylic acids is 1. The van der Waals surface area contributed by atoms with E-state index in [0.717, 1.165) is 12.5 Å². The molecule has 0 spiro atoms.